The molecular weight excluding hydrogens is 210 g/mol. The Balaban J connectivity index is 0.00000106. The molecular formula is C11H23NO4. The Bertz CT molecular complexity index is 193. The lowest BCUT2D eigenvalue weighted by Gasteiger charge is -2.25. The average molecular weight is 233 g/mol. The van der Waals surface area contributed by atoms with Crippen molar-refractivity contribution in [2.45, 2.75) is 32.8 Å². The number of carbonyl (C=O) groups is 1. The van der Waals surface area contributed by atoms with E-state index >= 15 is 0 Å². The van der Waals surface area contributed by atoms with Crippen LogP contribution in [-0.2, 0) is 9.47 Å². The average Bonchev–Trinajstić information content (AvgIpc) is 2.46. The van der Waals surface area contributed by atoms with Gasteiger partial charge >= 0.3 is 6.09 Å². The van der Waals surface area contributed by atoms with E-state index in [1.165, 1.54) is 0 Å². The minimum atomic E-state index is -0.412. The molecule has 0 aromatic heterocycles. The summed E-state index contributed by atoms with van der Waals surface area (Å²) in [6, 6.07) is 0. The summed E-state index contributed by atoms with van der Waals surface area (Å²) in [5, 5.41) is 7.00. The molecule has 1 aliphatic rings. The van der Waals surface area contributed by atoms with Gasteiger partial charge in [0.15, 0.2) is 0 Å². The zero-order valence-electron chi connectivity index (χ0n) is 10.7. The van der Waals surface area contributed by atoms with Crippen molar-refractivity contribution in [2.24, 2.45) is 0 Å². The summed E-state index contributed by atoms with van der Waals surface area (Å²) < 4.78 is 10.5. The van der Waals surface area contributed by atoms with E-state index in [0.717, 1.165) is 26.7 Å². The third-order valence-corrected chi connectivity index (χ3v) is 1.87. The van der Waals surface area contributed by atoms with Gasteiger partial charge in [0.1, 0.15) is 5.60 Å². The quantitative estimate of drug-likeness (QED) is 0.684. The Kier molecular flexibility index (Phi) is 7.08. The molecule has 1 fully saturated rings. The maximum absolute atomic E-state index is 11.6. The van der Waals surface area contributed by atoms with Crippen LogP contribution >= 0.6 is 0 Å². The molecule has 0 saturated carbocycles. The van der Waals surface area contributed by atoms with Gasteiger partial charge in [-0.15, -0.1) is 0 Å². The van der Waals surface area contributed by atoms with Gasteiger partial charge in [0.2, 0.25) is 0 Å². The van der Waals surface area contributed by atoms with Crippen molar-refractivity contribution in [3.8, 4) is 0 Å². The van der Waals surface area contributed by atoms with E-state index in [0.29, 0.717) is 13.2 Å². The van der Waals surface area contributed by atoms with Gasteiger partial charge in [-0.2, -0.15) is 0 Å². The molecule has 0 aromatic rings. The van der Waals surface area contributed by atoms with E-state index < -0.39 is 5.60 Å². The van der Waals surface area contributed by atoms with Crippen LogP contribution in [0.1, 0.15) is 27.2 Å². The Morgan fingerprint density at radius 2 is 1.88 bits per heavy atom. The van der Waals surface area contributed by atoms with E-state index in [1.54, 1.807) is 4.90 Å². The fourth-order valence-corrected chi connectivity index (χ4v) is 1.26. The van der Waals surface area contributed by atoms with Gasteiger partial charge in [-0.25, -0.2) is 4.79 Å². The van der Waals surface area contributed by atoms with Gasteiger partial charge in [-0.3, -0.25) is 0 Å². The maximum Gasteiger partial charge on any atom is 0.410 e. The predicted octanol–water partition coefficient (Wildman–Crippen LogP) is 1.25. The number of aliphatic hydroxyl groups excluding tert-OH is 1. The Labute approximate surface area is 97.3 Å². The summed E-state index contributed by atoms with van der Waals surface area (Å²) in [4.78, 5) is 13.3. The summed E-state index contributed by atoms with van der Waals surface area (Å²) in [5.74, 6) is 0. The number of ether oxygens (including phenoxy) is 2. The molecule has 0 radical (unpaired) electrons. The lowest BCUT2D eigenvalue weighted by atomic mass is 10.2. The van der Waals surface area contributed by atoms with Crippen molar-refractivity contribution in [1.82, 2.24) is 4.90 Å². The third-order valence-electron chi connectivity index (χ3n) is 1.87. The van der Waals surface area contributed by atoms with E-state index in [-0.39, 0.29) is 6.09 Å². The molecule has 1 N–H and O–H groups in total. The van der Waals surface area contributed by atoms with Crippen molar-refractivity contribution in [2.75, 3.05) is 33.4 Å². The highest BCUT2D eigenvalue weighted by Gasteiger charge is 2.22. The normalized spacial score (nSPS) is 16.9. The first-order valence-electron chi connectivity index (χ1n) is 5.49. The molecule has 96 valence electrons. The number of amides is 1. The second kappa shape index (κ2) is 7.46. The second-order valence-electron chi connectivity index (χ2n) is 4.43. The van der Waals surface area contributed by atoms with Gasteiger partial charge in [0.05, 0.1) is 6.61 Å². The van der Waals surface area contributed by atoms with Crippen LogP contribution in [0.4, 0.5) is 4.79 Å². The molecule has 0 aromatic carbocycles. The number of hydrogen-bond acceptors (Lipinski definition) is 4. The molecule has 0 aliphatic carbocycles. The minimum absolute atomic E-state index is 0.233. The Hall–Kier alpha value is -0.810. The molecule has 0 bridgehead atoms. The van der Waals surface area contributed by atoms with E-state index in [4.69, 9.17) is 14.6 Å². The summed E-state index contributed by atoms with van der Waals surface area (Å²) in [6.07, 6.45) is 0.655. The van der Waals surface area contributed by atoms with Crippen LogP contribution in [0.15, 0.2) is 0 Å². The first-order chi connectivity index (χ1) is 7.49. The Morgan fingerprint density at radius 3 is 2.44 bits per heavy atom. The fraction of sp³-hybridized carbons (Fsp3) is 0.909. The SMILES string of the molecule is CC(C)(C)OC(=O)N1CCCOCC1.CO. The molecule has 0 atom stereocenters. The zero-order chi connectivity index (χ0) is 12.6. The second-order valence-corrected chi connectivity index (χ2v) is 4.43. The van der Waals surface area contributed by atoms with Gasteiger partial charge in [0, 0.05) is 26.8 Å². The van der Waals surface area contributed by atoms with Gasteiger partial charge in [0.25, 0.3) is 0 Å². The molecule has 0 unspecified atom stereocenters. The van der Waals surface area contributed by atoms with Gasteiger partial charge < -0.3 is 19.5 Å². The molecule has 16 heavy (non-hydrogen) atoms. The van der Waals surface area contributed by atoms with Gasteiger partial charge in [-0.1, -0.05) is 0 Å². The molecule has 1 saturated heterocycles. The van der Waals surface area contributed by atoms with Crippen LogP contribution in [0.3, 0.4) is 0 Å². The van der Waals surface area contributed by atoms with Crippen molar-refractivity contribution in [1.29, 1.82) is 0 Å². The van der Waals surface area contributed by atoms with Crippen LogP contribution in [0.25, 0.3) is 0 Å². The van der Waals surface area contributed by atoms with Crippen LogP contribution < -0.4 is 0 Å². The fourth-order valence-electron chi connectivity index (χ4n) is 1.26. The lowest BCUT2D eigenvalue weighted by molar-refractivity contribution is 0.0244. The molecule has 5 nitrogen and oxygen atoms in total. The zero-order valence-corrected chi connectivity index (χ0v) is 10.7. The summed E-state index contributed by atoms with van der Waals surface area (Å²) in [6.45, 7) is 8.33. The highest BCUT2D eigenvalue weighted by molar-refractivity contribution is 5.68. The van der Waals surface area contributed by atoms with E-state index in [2.05, 4.69) is 0 Å². The number of rotatable bonds is 0. The van der Waals surface area contributed by atoms with E-state index in [9.17, 15) is 4.79 Å². The third kappa shape index (κ3) is 6.63. The van der Waals surface area contributed by atoms with Crippen molar-refractivity contribution >= 4 is 6.09 Å². The smallest absolute Gasteiger partial charge is 0.410 e. The summed E-state index contributed by atoms with van der Waals surface area (Å²) in [7, 11) is 1.00. The van der Waals surface area contributed by atoms with Crippen molar-refractivity contribution in [3.05, 3.63) is 0 Å². The first kappa shape index (κ1) is 15.2. The van der Waals surface area contributed by atoms with E-state index in [1.807, 2.05) is 20.8 Å². The predicted molar refractivity (Wildman–Crippen MR) is 61.4 cm³/mol. The highest BCUT2D eigenvalue weighted by atomic mass is 16.6. The molecule has 0 spiro atoms. The minimum Gasteiger partial charge on any atom is -0.444 e. The number of carbonyl (C=O) groups excluding carboxylic acids is 1. The number of aliphatic hydroxyl groups is 1. The maximum atomic E-state index is 11.6. The summed E-state index contributed by atoms with van der Waals surface area (Å²) in [5.41, 5.74) is -0.412. The Morgan fingerprint density at radius 1 is 1.25 bits per heavy atom. The molecule has 1 amide bonds. The first-order valence-corrected chi connectivity index (χ1v) is 5.49. The topological polar surface area (TPSA) is 59.0 Å². The molecule has 1 rings (SSSR count). The lowest BCUT2D eigenvalue weighted by Crippen LogP contribution is -2.38. The molecule has 1 aliphatic heterocycles. The van der Waals surface area contributed by atoms with Crippen LogP contribution in [-0.4, -0.2) is 55.1 Å². The van der Waals surface area contributed by atoms with Crippen LogP contribution in [0, 0.1) is 0 Å². The van der Waals surface area contributed by atoms with Crippen molar-refractivity contribution < 1.29 is 19.4 Å². The summed E-state index contributed by atoms with van der Waals surface area (Å²) >= 11 is 0. The molecule has 5 heteroatoms. The standard InChI is InChI=1S/C10H19NO3.CH4O/c1-10(2,3)14-9(12)11-5-4-7-13-8-6-11;1-2/h4-8H2,1-3H3;2H,1H3. The molecule has 1 heterocycles. The number of hydrogen-bond donors (Lipinski definition) is 1. The van der Waals surface area contributed by atoms with Crippen LogP contribution in [0.5, 0.6) is 0 Å². The van der Waals surface area contributed by atoms with Crippen molar-refractivity contribution in [3.63, 3.8) is 0 Å². The largest absolute Gasteiger partial charge is 0.444 e. The van der Waals surface area contributed by atoms with Gasteiger partial charge in [-0.05, 0) is 27.2 Å². The van der Waals surface area contributed by atoms with Crippen LogP contribution in [0.2, 0.25) is 0 Å². The number of nitrogens with zero attached hydrogens (tertiary/aromatic N) is 1. The highest BCUT2D eigenvalue weighted by Crippen LogP contribution is 2.11. The monoisotopic (exact) mass is 233 g/mol.